The lowest BCUT2D eigenvalue weighted by molar-refractivity contribution is -0.118. The minimum atomic E-state index is -0.350. The second-order valence-corrected chi connectivity index (χ2v) is 6.44. The number of nitrogens with one attached hydrogen (secondary N) is 1. The monoisotopic (exact) mass is 336 g/mol. The molecule has 1 saturated carbocycles. The fourth-order valence-electron chi connectivity index (χ4n) is 2.71. The molecule has 0 aromatic heterocycles. The Morgan fingerprint density at radius 1 is 1.36 bits per heavy atom. The molecule has 0 saturated heterocycles. The minimum absolute atomic E-state index is 0.0435. The predicted molar refractivity (Wildman–Crippen MR) is 89.6 cm³/mol. The van der Waals surface area contributed by atoms with Gasteiger partial charge < -0.3 is 5.32 Å². The normalized spacial score (nSPS) is 22.0. The summed E-state index contributed by atoms with van der Waals surface area (Å²) >= 11 is 12.0. The van der Waals surface area contributed by atoms with Crippen molar-refractivity contribution in [2.45, 2.75) is 38.6 Å². The number of hydrogen-bond donors (Lipinski definition) is 1. The fourth-order valence-corrected chi connectivity index (χ4v) is 3.08. The molecule has 1 aromatic rings. The molecule has 2 rings (SSSR count). The molecule has 1 N–H and O–H groups in total. The van der Waals surface area contributed by atoms with Gasteiger partial charge in [0.15, 0.2) is 0 Å². The average molecular weight is 337 g/mol. The van der Waals surface area contributed by atoms with Crippen LogP contribution in [-0.4, -0.2) is 11.9 Å². The van der Waals surface area contributed by atoms with Crippen LogP contribution in [0.25, 0.3) is 6.08 Å². The summed E-state index contributed by atoms with van der Waals surface area (Å²) in [4.78, 5) is 12.3. The van der Waals surface area contributed by atoms with Gasteiger partial charge in [0.2, 0.25) is 0 Å². The van der Waals surface area contributed by atoms with Gasteiger partial charge in [-0.25, -0.2) is 0 Å². The van der Waals surface area contributed by atoms with Crippen molar-refractivity contribution in [2.24, 2.45) is 5.92 Å². The zero-order chi connectivity index (χ0) is 16.1. The summed E-state index contributed by atoms with van der Waals surface area (Å²) in [5.41, 5.74) is 0.611. The largest absolute Gasteiger partial charge is 0.348 e. The Morgan fingerprint density at radius 2 is 2.09 bits per heavy atom. The van der Waals surface area contributed by atoms with Gasteiger partial charge in [-0.1, -0.05) is 55.1 Å². The van der Waals surface area contributed by atoms with Crippen molar-refractivity contribution in [1.29, 1.82) is 5.26 Å². The van der Waals surface area contributed by atoms with Gasteiger partial charge in [0.25, 0.3) is 5.91 Å². The number of carbonyl (C=O) groups is 1. The first kappa shape index (κ1) is 16.9. The van der Waals surface area contributed by atoms with Crippen LogP contribution in [0.2, 0.25) is 10.0 Å². The van der Waals surface area contributed by atoms with Crippen molar-refractivity contribution in [3.63, 3.8) is 0 Å². The highest BCUT2D eigenvalue weighted by Gasteiger charge is 2.24. The predicted octanol–water partition coefficient (Wildman–Crippen LogP) is 4.60. The van der Waals surface area contributed by atoms with Gasteiger partial charge in [-0.3, -0.25) is 4.79 Å². The third-order valence-corrected chi connectivity index (χ3v) is 4.91. The van der Waals surface area contributed by atoms with E-state index in [1.54, 1.807) is 18.2 Å². The molecule has 1 fully saturated rings. The Labute approximate surface area is 140 Å². The highest BCUT2D eigenvalue weighted by molar-refractivity contribution is 6.43. The topological polar surface area (TPSA) is 52.9 Å². The molecule has 0 radical (unpaired) electrons. The summed E-state index contributed by atoms with van der Waals surface area (Å²) in [5.74, 6) is 0.0877. The van der Waals surface area contributed by atoms with Crippen molar-refractivity contribution >= 4 is 35.2 Å². The molecule has 1 aliphatic rings. The molecule has 1 amide bonds. The zero-order valence-electron chi connectivity index (χ0n) is 12.4. The molecule has 0 spiro atoms. The van der Waals surface area contributed by atoms with Gasteiger partial charge in [0, 0.05) is 6.04 Å². The van der Waals surface area contributed by atoms with Crippen LogP contribution in [0.4, 0.5) is 0 Å². The zero-order valence-corrected chi connectivity index (χ0v) is 13.9. The van der Waals surface area contributed by atoms with Gasteiger partial charge in [-0.2, -0.15) is 5.26 Å². The van der Waals surface area contributed by atoms with Crippen LogP contribution in [0, 0.1) is 17.2 Å². The standard InChI is InChI=1S/C17H18Cl2N2O/c1-11-5-2-3-8-15(11)21-17(22)13(10-20)9-12-6-4-7-14(18)16(12)19/h4,6-7,9,11,15H,2-3,5,8H2,1H3,(H,21,22)/b13-9+/t11-,15+/m0/s1. The van der Waals surface area contributed by atoms with Crippen LogP contribution in [-0.2, 0) is 4.79 Å². The number of amides is 1. The molecular formula is C17H18Cl2N2O. The lowest BCUT2D eigenvalue weighted by Crippen LogP contribution is -2.41. The number of benzene rings is 1. The first-order valence-electron chi connectivity index (χ1n) is 7.39. The van der Waals surface area contributed by atoms with Crippen molar-refractivity contribution in [3.8, 4) is 6.07 Å². The van der Waals surface area contributed by atoms with Gasteiger partial charge in [-0.05, 0) is 36.5 Å². The van der Waals surface area contributed by atoms with E-state index in [9.17, 15) is 10.1 Å². The Kier molecular flexibility index (Phi) is 5.88. The van der Waals surface area contributed by atoms with E-state index in [1.165, 1.54) is 12.5 Å². The van der Waals surface area contributed by atoms with Gasteiger partial charge >= 0.3 is 0 Å². The molecule has 2 atom stereocenters. The highest BCUT2D eigenvalue weighted by Crippen LogP contribution is 2.27. The number of nitriles is 1. The van der Waals surface area contributed by atoms with E-state index in [0.717, 1.165) is 19.3 Å². The maximum absolute atomic E-state index is 12.3. The van der Waals surface area contributed by atoms with Gasteiger partial charge in [0.1, 0.15) is 11.6 Å². The summed E-state index contributed by atoms with van der Waals surface area (Å²) in [6.07, 6.45) is 5.87. The molecule has 0 heterocycles. The third kappa shape index (κ3) is 4.03. The minimum Gasteiger partial charge on any atom is -0.348 e. The molecule has 22 heavy (non-hydrogen) atoms. The maximum atomic E-state index is 12.3. The smallest absolute Gasteiger partial charge is 0.262 e. The van der Waals surface area contributed by atoms with Crippen LogP contribution in [0.15, 0.2) is 23.8 Å². The van der Waals surface area contributed by atoms with Crippen molar-refractivity contribution in [1.82, 2.24) is 5.32 Å². The highest BCUT2D eigenvalue weighted by atomic mass is 35.5. The molecule has 3 nitrogen and oxygen atoms in total. The molecule has 0 aliphatic heterocycles. The summed E-state index contributed by atoms with van der Waals surface area (Å²) in [5, 5.41) is 13.0. The van der Waals surface area contributed by atoms with E-state index >= 15 is 0 Å². The van der Waals surface area contributed by atoms with Crippen molar-refractivity contribution < 1.29 is 4.79 Å². The number of halogens is 2. The second-order valence-electron chi connectivity index (χ2n) is 5.65. The molecule has 0 unspecified atom stereocenters. The maximum Gasteiger partial charge on any atom is 0.262 e. The lowest BCUT2D eigenvalue weighted by atomic mass is 9.86. The van der Waals surface area contributed by atoms with Gasteiger partial charge in [-0.15, -0.1) is 0 Å². The Bertz CT molecular complexity index is 634. The molecular weight excluding hydrogens is 319 g/mol. The van der Waals surface area contributed by atoms with E-state index in [0.29, 0.717) is 21.5 Å². The van der Waals surface area contributed by atoms with E-state index in [4.69, 9.17) is 23.2 Å². The lowest BCUT2D eigenvalue weighted by Gasteiger charge is -2.29. The van der Waals surface area contributed by atoms with E-state index in [1.807, 2.05) is 6.07 Å². The van der Waals surface area contributed by atoms with E-state index in [-0.39, 0.29) is 17.5 Å². The molecule has 1 aliphatic carbocycles. The Balaban J connectivity index is 2.17. The van der Waals surface area contributed by atoms with E-state index < -0.39 is 0 Å². The molecule has 5 heteroatoms. The van der Waals surface area contributed by atoms with Crippen LogP contribution in [0.1, 0.15) is 38.2 Å². The van der Waals surface area contributed by atoms with Crippen molar-refractivity contribution in [2.75, 3.05) is 0 Å². The average Bonchev–Trinajstić information content (AvgIpc) is 2.51. The van der Waals surface area contributed by atoms with Crippen LogP contribution < -0.4 is 5.32 Å². The summed E-state index contributed by atoms with van der Waals surface area (Å²) in [7, 11) is 0. The van der Waals surface area contributed by atoms with Gasteiger partial charge in [0.05, 0.1) is 10.0 Å². The first-order chi connectivity index (χ1) is 10.5. The van der Waals surface area contributed by atoms with Crippen LogP contribution in [0.3, 0.4) is 0 Å². The molecule has 116 valence electrons. The van der Waals surface area contributed by atoms with Crippen LogP contribution in [0.5, 0.6) is 0 Å². The van der Waals surface area contributed by atoms with Crippen molar-refractivity contribution in [3.05, 3.63) is 39.4 Å². The first-order valence-corrected chi connectivity index (χ1v) is 8.15. The third-order valence-electron chi connectivity index (χ3n) is 4.07. The number of hydrogen-bond acceptors (Lipinski definition) is 2. The summed E-state index contributed by atoms with van der Waals surface area (Å²) in [6.45, 7) is 2.13. The SMILES string of the molecule is C[C@H]1CCCC[C@H]1NC(=O)/C(C#N)=C/c1cccc(Cl)c1Cl. The number of rotatable bonds is 3. The second kappa shape index (κ2) is 7.67. The summed E-state index contributed by atoms with van der Waals surface area (Å²) < 4.78 is 0. The summed E-state index contributed by atoms with van der Waals surface area (Å²) in [6, 6.07) is 7.20. The fraction of sp³-hybridized carbons (Fsp3) is 0.412. The molecule has 0 bridgehead atoms. The quantitative estimate of drug-likeness (QED) is 0.648. The Morgan fingerprint density at radius 3 is 2.77 bits per heavy atom. The number of carbonyl (C=O) groups excluding carboxylic acids is 1. The Hall–Kier alpha value is -1.50. The number of nitrogens with zero attached hydrogens (tertiary/aromatic N) is 1. The molecule has 1 aromatic carbocycles. The van der Waals surface area contributed by atoms with Crippen LogP contribution >= 0.6 is 23.2 Å². The van der Waals surface area contributed by atoms with E-state index in [2.05, 4.69) is 12.2 Å².